The fourth-order valence-corrected chi connectivity index (χ4v) is 7.56. The van der Waals surface area contributed by atoms with Gasteiger partial charge in [-0.1, -0.05) is 70.9 Å². The number of para-hydroxylation sites is 1. The first kappa shape index (κ1) is 26.1. The number of thiazole rings is 1. The lowest BCUT2D eigenvalue weighted by Gasteiger charge is -2.32. The van der Waals surface area contributed by atoms with Crippen molar-refractivity contribution in [2.24, 2.45) is 0 Å². The zero-order chi connectivity index (χ0) is 29.6. The number of fused-ring (bicyclic) bond motifs is 6. The van der Waals surface area contributed by atoms with Crippen molar-refractivity contribution in [2.45, 2.75) is 12.1 Å². The van der Waals surface area contributed by atoms with E-state index >= 15 is 4.79 Å². The van der Waals surface area contributed by atoms with Crippen molar-refractivity contribution >= 4 is 78.4 Å². The zero-order valence-corrected chi connectivity index (χ0v) is 24.1. The van der Waals surface area contributed by atoms with E-state index in [0.717, 1.165) is 23.5 Å². The van der Waals surface area contributed by atoms with Crippen LogP contribution in [0.2, 0.25) is 10.0 Å². The van der Waals surface area contributed by atoms with Gasteiger partial charge in [0.2, 0.25) is 5.76 Å². The Bertz CT molecular complexity index is 2270. The predicted octanol–water partition coefficient (Wildman–Crippen LogP) is 7.30. The molecule has 210 valence electrons. The minimum Gasteiger partial charge on any atom is -0.450 e. The number of amides is 2. The topological polar surface area (TPSA) is 83.7 Å². The normalized spacial score (nSPS) is 17.5. The van der Waals surface area contributed by atoms with E-state index in [2.05, 4.69) is 0 Å². The Morgan fingerprint density at radius 1 is 0.930 bits per heavy atom. The SMILES string of the molecule is O=C1c2oc3ccc(F)cc3c(=O)c2C2(C(=O)N(Cc3ccccc3Cl)c3ccccc32)N1c1nc2ccc(Cl)cc2s1. The van der Waals surface area contributed by atoms with Crippen molar-refractivity contribution in [3.63, 3.8) is 0 Å². The molecule has 2 aliphatic rings. The summed E-state index contributed by atoms with van der Waals surface area (Å²) in [5, 5.41) is 1.02. The molecule has 4 heterocycles. The summed E-state index contributed by atoms with van der Waals surface area (Å²) < 4.78 is 21.1. The molecule has 0 saturated carbocycles. The van der Waals surface area contributed by atoms with Gasteiger partial charge >= 0.3 is 0 Å². The first-order valence-electron chi connectivity index (χ1n) is 13.1. The maximum Gasteiger partial charge on any atom is 0.297 e. The van der Waals surface area contributed by atoms with Crippen LogP contribution in [0.15, 0.2) is 94.1 Å². The van der Waals surface area contributed by atoms with Crippen molar-refractivity contribution in [2.75, 3.05) is 9.80 Å². The van der Waals surface area contributed by atoms with Gasteiger partial charge in [0, 0.05) is 15.6 Å². The van der Waals surface area contributed by atoms with Crippen LogP contribution in [0.5, 0.6) is 0 Å². The molecule has 4 aromatic carbocycles. The maximum atomic E-state index is 15.0. The molecule has 2 aromatic heterocycles. The third-order valence-electron chi connectivity index (χ3n) is 7.90. The van der Waals surface area contributed by atoms with Gasteiger partial charge < -0.3 is 9.32 Å². The van der Waals surface area contributed by atoms with Crippen molar-refractivity contribution in [3.8, 4) is 0 Å². The fourth-order valence-electron chi connectivity index (χ4n) is 6.07. The van der Waals surface area contributed by atoms with Gasteiger partial charge in [-0.05, 0) is 54.1 Å². The lowest BCUT2D eigenvalue weighted by atomic mass is 9.84. The Morgan fingerprint density at radius 2 is 1.72 bits per heavy atom. The minimum atomic E-state index is -1.98. The molecule has 8 rings (SSSR count). The monoisotopic (exact) mass is 627 g/mol. The standard InChI is InChI=1S/C32H16Cl2FN3O4S/c33-17-9-11-22-25(13-17)43-31(36-22)38-29(40)28-26(27(39)19-14-18(35)10-12-24(19)42-28)32(38)20-6-2-4-8-23(20)37(30(32)41)15-16-5-1-3-7-21(16)34/h1-14H,15H2. The van der Waals surface area contributed by atoms with Gasteiger partial charge in [0.15, 0.2) is 16.1 Å². The van der Waals surface area contributed by atoms with Crippen molar-refractivity contribution < 1.29 is 18.4 Å². The van der Waals surface area contributed by atoms with Crippen LogP contribution in [-0.2, 0) is 16.9 Å². The van der Waals surface area contributed by atoms with E-state index in [9.17, 15) is 14.0 Å². The molecule has 11 heteroatoms. The molecule has 2 amide bonds. The van der Waals surface area contributed by atoms with E-state index in [1.807, 2.05) is 6.07 Å². The first-order chi connectivity index (χ1) is 20.8. The van der Waals surface area contributed by atoms with Gasteiger partial charge in [-0.25, -0.2) is 9.37 Å². The molecule has 43 heavy (non-hydrogen) atoms. The summed E-state index contributed by atoms with van der Waals surface area (Å²) in [5.41, 5.74) is -0.725. The summed E-state index contributed by atoms with van der Waals surface area (Å²) in [7, 11) is 0. The Kier molecular flexibility index (Phi) is 5.59. The highest BCUT2D eigenvalue weighted by Gasteiger charge is 2.66. The smallest absolute Gasteiger partial charge is 0.297 e. The van der Waals surface area contributed by atoms with Crippen molar-refractivity contribution in [3.05, 3.63) is 133 Å². The maximum absolute atomic E-state index is 15.0. The third kappa shape index (κ3) is 3.53. The Balaban J connectivity index is 1.46. The molecular formula is C32H16Cl2FN3O4S. The molecule has 1 unspecified atom stereocenters. The number of aromatic nitrogens is 1. The molecule has 0 radical (unpaired) electrons. The largest absolute Gasteiger partial charge is 0.450 e. The number of nitrogens with zero attached hydrogens (tertiary/aromatic N) is 3. The van der Waals surface area contributed by atoms with Gasteiger partial charge in [0.1, 0.15) is 11.4 Å². The van der Waals surface area contributed by atoms with Crippen LogP contribution in [0.25, 0.3) is 21.2 Å². The van der Waals surface area contributed by atoms with Gasteiger partial charge in [0.25, 0.3) is 11.8 Å². The number of carbonyl (C=O) groups excluding carboxylic acids is 2. The van der Waals surface area contributed by atoms with Gasteiger partial charge in [0.05, 0.1) is 33.4 Å². The zero-order valence-electron chi connectivity index (χ0n) is 21.8. The highest BCUT2D eigenvalue weighted by atomic mass is 35.5. The summed E-state index contributed by atoms with van der Waals surface area (Å²) in [5.74, 6) is -2.24. The Morgan fingerprint density at radius 3 is 2.56 bits per heavy atom. The fraction of sp³-hybridized carbons (Fsp3) is 0.0625. The summed E-state index contributed by atoms with van der Waals surface area (Å²) in [6.45, 7) is 0.0671. The minimum absolute atomic E-state index is 0.0261. The van der Waals surface area contributed by atoms with Crippen LogP contribution in [-0.4, -0.2) is 16.8 Å². The summed E-state index contributed by atoms with van der Waals surface area (Å²) in [6.07, 6.45) is 0. The molecule has 0 bridgehead atoms. The number of carbonyl (C=O) groups is 2. The molecule has 1 spiro atoms. The summed E-state index contributed by atoms with van der Waals surface area (Å²) >= 11 is 13.9. The highest BCUT2D eigenvalue weighted by molar-refractivity contribution is 7.22. The average Bonchev–Trinajstić information content (AvgIpc) is 3.60. The number of hydrogen-bond acceptors (Lipinski definition) is 6. The quantitative estimate of drug-likeness (QED) is 0.206. The third-order valence-corrected chi connectivity index (χ3v) is 9.51. The van der Waals surface area contributed by atoms with Crippen LogP contribution < -0.4 is 15.2 Å². The number of rotatable bonds is 3. The molecule has 0 aliphatic carbocycles. The predicted molar refractivity (Wildman–Crippen MR) is 164 cm³/mol. The Labute approximate surface area is 256 Å². The van der Waals surface area contributed by atoms with E-state index in [1.54, 1.807) is 60.7 Å². The highest BCUT2D eigenvalue weighted by Crippen LogP contribution is 2.55. The molecule has 7 nitrogen and oxygen atoms in total. The van der Waals surface area contributed by atoms with E-state index < -0.39 is 28.6 Å². The van der Waals surface area contributed by atoms with Crippen molar-refractivity contribution in [1.29, 1.82) is 0 Å². The molecular weight excluding hydrogens is 612 g/mol. The second-order valence-electron chi connectivity index (χ2n) is 10.2. The molecule has 2 aliphatic heterocycles. The van der Waals surface area contributed by atoms with E-state index in [4.69, 9.17) is 32.6 Å². The summed E-state index contributed by atoms with van der Waals surface area (Å²) in [6, 6.07) is 22.7. The lowest BCUT2D eigenvalue weighted by Crippen LogP contribution is -2.53. The number of benzene rings is 4. The van der Waals surface area contributed by atoms with Crippen LogP contribution in [0.4, 0.5) is 15.2 Å². The number of halogens is 3. The first-order valence-corrected chi connectivity index (χ1v) is 14.7. The van der Waals surface area contributed by atoms with Gasteiger partial charge in [-0.3, -0.25) is 19.3 Å². The van der Waals surface area contributed by atoms with E-state index in [1.165, 1.54) is 15.9 Å². The van der Waals surface area contributed by atoms with Gasteiger partial charge in [-0.2, -0.15) is 0 Å². The molecule has 0 fully saturated rings. The van der Waals surface area contributed by atoms with Crippen LogP contribution >= 0.6 is 34.5 Å². The number of anilines is 2. The van der Waals surface area contributed by atoms with Gasteiger partial charge in [-0.15, -0.1) is 0 Å². The molecule has 6 aromatic rings. The molecule has 0 N–H and O–H groups in total. The Hall–Kier alpha value is -4.57. The van der Waals surface area contributed by atoms with Crippen LogP contribution in [0.1, 0.15) is 27.2 Å². The van der Waals surface area contributed by atoms with Crippen LogP contribution in [0.3, 0.4) is 0 Å². The second kappa shape index (κ2) is 9.21. The molecule has 0 saturated heterocycles. The second-order valence-corrected chi connectivity index (χ2v) is 12.1. The summed E-state index contributed by atoms with van der Waals surface area (Å²) in [4.78, 5) is 51.2. The number of hydrogen-bond donors (Lipinski definition) is 0. The average molecular weight is 628 g/mol. The molecule has 1 atom stereocenters. The van der Waals surface area contributed by atoms with Crippen molar-refractivity contribution in [1.82, 2.24) is 4.98 Å². The van der Waals surface area contributed by atoms with E-state index in [-0.39, 0.29) is 34.0 Å². The van der Waals surface area contributed by atoms with E-state index in [0.29, 0.717) is 37.1 Å². The lowest BCUT2D eigenvalue weighted by molar-refractivity contribution is -0.121. The van der Waals surface area contributed by atoms with Crippen LogP contribution in [0, 0.1) is 5.82 Å².